The highest BCUT2D eigenvalue weighted by Gasteiger charge is 2.24. The van der Waals surface area contributed by atoms with Crippen LogP contribution in [0.1, 0.15) is 33.6 Å². The smallest absolute Gasteiger partial charge is 0.256 e. The SMILES string of the molecule is Cc1ccc(C(=O)Nc2c3c(nn2-c2ccccc2)CCC3)cc1NS(C)(=O)=O. The van der Waals surface area contributed by atoms with Crippen LogP contribution in [0.25, 0.3) is 5.69 Å². The second kappa shape index (κ2) is 7.36. The molecule has 150 valence electrons. The third-order valence-corrected chi connectivity index (χ3v) is 5.53. The normalized spacial score (nSPS) is 13.2. The van der Waals surface area contributed by atoms with Crippen molar-refractivity contribution in [2.24, 2.45) is 0 Å². The molecule has 0 atom stereocenters. The van der Waals surface area contributed by atoms with Crippen LogP contribution in [0.2, 0.25) is 0 Å². The highest BCUT2D eigenvalue weighted by Crippen LogP contribution is 2.31. The van der Waals surface area contributed by atoms with Gasteiger partial charge in [0.1, 0.15) is 5.82 Å². The maximum absolute atomic E-state index is 13.0. The van der Waals surface area contributed by atoms with Gasteiger partial charge in [0.15, 0.2) is 0 Å². The van der Waals surface area contributed by atoms with Crippen molar-refractivity contribution in [3.8, 4) is 5.69 Å². The Morgan fingerprint density at radius 1 is 1.10 bits per heavy atom. The summed E-state index contributed by atoms with van der Waals surface area (Å²) in [5.74, 6) is 0.361. The number of anilines is 2. The minimum atomic E-state index is -3.44. The molecule has 0 aliphatic heterocycles. The quantitative estimate of drug-likeness (QED) is 0.675. The second-order valence-corrected chi connectivity index (χ2v) is 8.98. The van der Waals surface area contributed by atoms with Crippen molar-refractivity contribution in [1.82, 2.24) is 9.78 Å². The first-order valence-corrected chi connectivity index (χ1v) is 11.3. The summed E-state index contributed by atoms with van der Waals surface area (Å²) in [4.78, 5) is 13.0. The minimum absolute atomic E-state index is 0.312. The fraction of sp³-hybridized carbons (Fsp3) is 0.238. The van der Waals surface area contributed by atoms with E-state index in [1.165, 1.54) is 0 Å². The molecule has 1 aliphatic rings. The first-order chi connectivity index (χ1) is 13.8. The van der Waals surface area contributed by atoms with Crippen molar-refractivity contribution in [2.75, 3.05) is 16.3 Å². The van der Waals surface area contributed by atoms with E-state index in [4.69, 9.17) is 5.10 Å². The molecule has 7 nitrogen and oxygen atoms in total. The molecule has 4 rings (SSSR count). The summed E-state index contributed by atoms with van der Waals surface area (Å²) in [6.07, 6.45) is 3.86. The minimum Gasteiger partial charge on any atom is -0.306 e. The molecule has 1 aromatic heterocycles. The number of para-hydroxylation sites is 1. The first-order valence-electron chi connectivity index (χ1n) is 9.38. The Morgan fingerprint density at radius 2 is 1.86 bits per heavy atom. The van der Waals surface area contributed by atoms with Gasteiger partial charge in [-0.2, -0.15) is 5.10 Å². The van der Waals surface area contributed by atoms with Crippen LogP contribution in [-0.2, 0) is 22.9 Å². The van der Waals surface area contributed by atoms with E-state index >= 15 is 0 Å². The number of hydrogen-bond donors (Lipinski definition) is 2. The molecule has 2 aromatic carbocycles. The van der Waals surface area contributed by atoms with E-state index in [2.05, 4.69) is 10.0 Å². The fourth-order valence-corrected chi connectivity index (χ4v) is 4.15. The molecule has 0 unspecified atom stereocenters. The predicted molar refractivity (Wildman–Crippen MR) is 113 cm³/mol. The number of rotatable bonds is 5. The lowest BCUT2D eigenvalue weighted by Gasteiger charge is -2.13. The molecular weight excluding hydrogens is 388 g/mol. The van der Waals surface area contributed by atoms with Crippen molar-refractivity contribution in [3.63, 3.8) is 0 Å². The summed E-state index contributed by atoms with van der Waals surface area (Å²) in [5, 5.41) is 7.70. The Labute approximate surface area is 169 Å². The van der Waals surface area contributed by atoms with Gasteiger partial charge in [-0.1, -0.05) is 24.3 Å². The van der Waals surface area contributed by atoms with Crippen LogP contribution < -0.4 is 10.0 Å². The van der Waals surface area contributed by atoms with Gasteiger partial charge >= 0.3 is 0 Å². The molecule has 0 radical (unpaired) electrons. The lowest BCUT2D eigenvalue weighted by Crippen LogP contribution is -2.17. The largest absolute Gasteiger partial charge is 0.306 e. The molecule has 3 aromatic rings. The lowest BCUT2D eigenvalue weighted by atomic mass is 10.1. The molecule has 0 saturated carbocycles. The molecule has 1 aliphatic carbocycles. The van der Waals surface area contributed by atoms with Crippen LogP contribution in [0.15, 0.2) is 48.5 Å². The van der Waals surface area contributed by atoms with Gasteiger partial charge in [-0.3, -0.25) is 9.52 Å². The predicted octanol–water partition coefficient (Wildman–Crippen LogP) is 3.29. The van der Waals surface area contributed by atoms with E-state index in [1.54, 1.807) is 29.8 Å². The van der Waals surface area contributed by atoms with Gasteiger partial charge in [0.05, 0.1) is 23.3 Å². The second-order valence-electron chi connectivity index (χ2n) is 7.23. The Hall–Kier alpha value is -3.13. The number of nitrogens with zero attached hydrogens (tertiary/aromatic N) is 2. The number of benzene rings is 2. The van der Waals surface area contributed by atoms with Crippen LogP contribution in [0.5, 0.6) is 0 Å². The number of carbonyl (C=O) groups excluding carboxylic acids is 1. The number of carbonyl (C=O) groups is 1. The van der Waals surface area contributed by atoms with Gasteiger partial charge < -0.3 is 5.32 Å². The van der Waals surface area contributed by atoms with Crippen molar-refractivity contribution in [1.29, 1.82) is 0 Å². The number of aromatic nitrogens is 2. The van der Waals surface area contributed by atoms with E-state index in [-0.39, 0.29) is 5.91 Å². The van der Waals surface area contributed by atoms with Gasteiger partial charge in [0, 0.05) is 11.1 Å². The Bertz CT molecular complexity index is 1180. The van der Waals surface area contributed by atoms with Crippen molar-refractivity contribution in [2.45, 2.75) is 26.2 Å². The average molecular weight is 410 g/mol. The monoisotopic (exact) mass is 410 g/mol. The maximum atomic E-state index is 13.0. The number of nitrogens with one attached hydrogen (secondary N) is 2. The first kappa shape index (κ1) is 19.2. The van der Waals surface area contributed by atoms with Gasteiger partial charge in [-0.15, -0.1) is 0 Å². The van der Waals surface area contributed by atoms with Gasteiger partial charge in [-0.25, -0.2) is 13.1 Å². The van der Waals surface area contributed by atoms with E-state index in [9.17, 15) is 13.2 Å². The van der Waals surface area contributed by atoms with Crippen LogP contribution in [0.4, 0.5) is 11.5 Å². The third-order valence-electron chi connectivity index (χ3n) is 4.93. The highest BCUT2D eigenvalue weighted by atomic mass is 32.2. The maximum Gasteiger partial charge on any atom is 0.256 e. The number of aryl methyl sites for hydroxylation is 2. The standard InChI is InChI=1S/C21H22N4O3S/c1-14-11-12-15(13-19(14)24-29(2,27)28)21(26)22-20-17-9-6-10-18(17)23-25(20)16-7-4-3-5-8-16/h3-5,7-8,11-13,24H,6,9-10H2,1-2H3,(H,22,26). The van der Waals surface area contributed by atoms with Crippen LogP contribution in [-0.4, -0.2) is 30.4 Å². The Kier molecular flexibility index (Phi) is 4.87. The highest BCUT2D eigenvalue weighted by molar-refractivity contribution is 7.92. The number of sulfonamides is 1. The van der Waals surface area contributed by atoms with Crippen molar-refractivity contribution < 1.29 is 13.2 Å². The van der Waals surface area contributed by atoms with Crippen LogP contribution in [0.3, 0.4) is 0 Å². The van der Waals surface area contributed by atoms with E-state index in [1.807, 2.05) is 30.3 Å². The number of amides is 1. The summed E-state index contributed by atoms with van der Waals surface area (Å²) in [6, 6.07) is 14.6. The van der Waals surface area contributed by atoms with Crippen molar-refractivity contribution >= 4 is 27.4 Å². The summed E-state index contributed by atoms with van der Waals surface area (Å²) < 4.78 is 27.4. The van der Waals surface area contributed by atoms with Gasteiger partial charge in [0.2, 0.25) is 10.0 Å². The molecule has 8 heteroatoms. The molecular formula is C21H22N4O3S. The zero-order valence-corrected chi connectivity index (χ0v) is 17.1. The van der Waals surface area contributed by atoms with E-state index in [0.717, 1.165) is 48.0 Å². The topological polar surface area (TPSA) is 93.1 Å². The lowest BCUT2D eigenvalue weighted by molar-refractivity contribution is 0.102. The number of fused-ring (bicyclic) bond motifs is 1. The molecule has 2 N–H and O–H groups in total. The van der Waals surface area contributed by atoms with E-state index < -0.39 is 10.0 Å². The Balaban J connectivity index is 1.69. The van der Waals surface area contributed by atoms with E-state index in [0.29, 0.717) is 17.1 Å². The fourth-order valence-electron chi connectivity index (χ4n) is 3.53. The molecule has 0 saturated heterocycles. The number of hydrogen-bond acceptors (Lipinski definition) is 4. The van der Waals surface area contributed by atoms with Crippen LogP contribution in [0, 0.1) is 6.92 Å². The molecule has 0 fully saturated rings. The zero-order valence-electron chi connectivity index (χ0n) is 16.3. The summed E-state index contributed by atoms with van der Waals surface area (Å²) in [5.41, 5.74) is 4.44. The average Bonchev–Trinajstić information content (AvgIpc) is 3.26. The third kappa shape index (κ3) is 4.02. The molecule has 1 heterocycles. The Morgan fingerprint density at radius 3 is 2.59 bits per heavy atom. The van der Waals surface area contributed by atoms with Gasteiger partial charge in [-0.05, 0) is 56.0 Å². The molecule has 0 spiro atoms. The molecule has 29 heavy (non-hydrogen) atoms. The van der Waals surface area contributed by atoms with Gasteiger partial charge in [0.25, 0.3) is 5.91 Å². The molecule has 0 bridgehead atoms. The summed E-state index contributed by atoms with van der Waals surface area (Å²) in [7, 11) is -3.44. The van der Waals surface area contributed by atoms with Crippen molar-refractivity contribution in [3.05, 3.63) is 70.9 Å². The summed E-state index contributed by atoms with van der Waals surface area (Å²) >= 11 is 0. The molecule has 1 amide bonds. The summed E-state index contributed by atoms with van der Waals surface area (Å²) in [6.45, 7) is 1.78. The zero-order chi connectivity index (χ0) is 20.6. The van der Waals surface area contributed by atoms with Crippen LogP contribution >= 0.6 is 0 Å².